The number of esters is 2. The van der Waals surface area contributed by atoms with Crippen LogP contribution < -0.4 is 0 Å². The normalized spacial score (nSPS) is 12.9. The lowest BCUT2D eigenvalue weighted by Crippen LogP contribution is -2.15. The summed E-state index contributed by atoms with van der Waals surface area (Å²) in [5, 5.41) is 9.01. The van der Waals surface area contributed by atoms with Gasteiger partial charge in [-0.15, -0.1) is 0 Å². The van der Waals surface area contributed by atoms with Crippen LogP contribution >= 0.6 is 0 Å². The summed E-state index contributed by atoms with van der Waals surface area (Å²) in [7, 11) is 0. The quantitative estimate of drug-likeness (QED) is 0.421. The van der Waals surface area contributed by atoms with Crippen molar-refractivity contribution in [3.05, 3.63) is 34.9 Å². The number of carboxylic acid groups (broad SMARTS) is 1. The molecule has 0 saturated carbocycles. The molecule has 122 valence electrons. The molecular formula is C17H24O5. The number of unbranched alkanes of at least 4 members (excludes halogenated alkanes) is 1. The average molecular weight is 308 g/mol. The topological polar surface area (TPSA) is 80.7 Å². The molecule has 1 N–H and O–H groups in total. The second-order valence-electron chi connectivity index (χ2n) is 5.16. The zero-order chi connectivity index (χ0) is 17.3. The lowest BCUT2D eigenvalue weighted by atomic mass is 9.96. The predicted octanol–water partition coefficient (Wildman–Crippen LogP) is 3.56. The van der Waals surface area contributed by atoms with Gasteiger partial charge in [-0.1, -0.05) is 31.1 Å². The van der Waals surface area contributed by atoms with Gasteiger partial charge in [0.05, 0.1) is 0 Å². The highest BCUT2D eigenvalue weighted by Gasteiger charge is 2.19. The van der Waals surface area contributed by atoms with Gasteiger partial charge in [-0.2, -0.15) is 0 Å². The Morgan fingerprint density at radius 1 is 1.14 bits per heavy atom. The molecule has 0 rings (SSSR count). The summed E-state index contributed by atoms with van der Waals surface area (Å²) >= 11 is 0. The highest BCUT2D eigenvalue weighted by Crippen LogP contribution is 2.22. The Morgan fingerprint density at radius 2 is 1.73 bits per heavy atom. The number of aliphatic carboxylic acids is 1. The minimum absolute atomic E-state index is 0.150. The first-order chi connectivity index (χ1) is 10.2. The van der Waals surface area contributed by atoms with Crippen LogP contribution in [-0.4, -0.2) is 23.0 Å². The van der Waals surface area contributed by atoms with E-state index in [0.717, 1.165) is 24.5 Å². The summed E-state index contributed by atoms with van der Waals surface area (Å²) in [4.78, 5) is 34.3. The maximum atomic E-state index is 12.1. The van der Waals surface area contributed by atoms with E-state index in [1.165, 1.54) is 6.92 Å². The van der Waals surface area contributed by atoms with Crippen LogP contribution in [0.15, 0.2) is 34.9 Å². The molecule has 0 bridgehead atoms. The lowest BCUT2D eigenvalue weighted by Gasteiger charge is -2.12. The van der Waals surface area contributed by atoms with Crippen LogP contribution in [0.2, 0.25) is 0 Å². The zero-order valence-electron chi connectivity index (χ0n) is 13.7. The minimum Gasteiger partial charge on any atom is -0.478 e. The number of hydrogen-bond donors (Lipinski definition) is 1. The molecule has 0 radical (unpaired) electrons. The first kappa shape index (κ1) is 19.8. The fourth-order valence-electron chi connectivity index (χ4n) is 1.77. The van der Waals surface area contributed by atoms with Crippen LogP contribution in [0.5, 0.6) is 0 Å². The molecule has 5 heteroatoms. The van der Waals surface area contributed by atoms with E-state index < -0.39 is 17.9 Å². The number of allylic oxidation sites excluding steroid dienone is 2. The molecule has 0 aliphatic carbocycles. The number of ether oxygens (including phenoxy) is 1. The molecule has 0 fully saturated rings. The van der Waals surface area contributed by atoms with Gasteiger partial charge in [0.25, 0.3) is 0 Å². The molecule has 0 aliphatic heterocycles. The van der Waals surface area contributed by atoms with Crippen molar-refractivity contribution < 1.29 is 24.2 Å². The standard InChI is InChI=1S/C17H24O5/c1-6-8-9-11(3)14(17(21)22-15(18)7-2)10-12(4)13(5)16(19)20/h7H,2,6,8-10H2,1,3-5H3,(H,19,20). The van der Waals surface area contributed by atoms with Gasteiger partial charge >= 0.3 is 17.9 Å². The van der Waals surface area contributed by atoms with Crippen molar-refractivity contribution in [2.45, 2.75) is 53.4 Å². The Bertz CT molecular complexity index is 523. The van der Waals surface area contributed by atoms with Gasteiger partial charge in [-0.25, -0.2) is 14.4 Å². The molecular weight excluding hydrogens is 284 g/mol. The van der Waals surface area contributed by atoms with Gasteiger partial charge in [-0.05, 0) is 33.6 Å². The predicted molar refractivity (Wildman–Crippen MR) is 84.1 cm³/mol. The molecule has 5 nitrogen and oxygen atoms in total. The highest BCUT2D eigenvalue weighted by atomic mass is 16.6. The van der Waals surface area contributed by atoms with Crippen molar-refractivity contribution in [2.75, 3.05) is 0 Å². The SMILES string of the molecule is C=CC(=O)OC(=O)C(CC(C)=C(C)C(=O)O)=C(C)CCCC. The summed E-state index contributed by atoms with van der Waals surface area (Å²) < 4.78 is 4.68. The van der Waals surface area contributed by atoms with Gasteiger partial charge in [0.15, 0.2) is 0 Å². The maximum Gasteiger partial charge on any atom is 0.342 e. The molecule has 0 saturated heterocycles. The number of carbonyl (C=O) groups excluding carboxylic acids is 2. The first-order valence-corrected chi connectivity index (χ1v) is 7.21. The van der Waals surface area contributed by atoms with Gasteiger partial charge in [-0.3, -0.25) is 0 Å². The van der Waals surface area contributed by atoms with Gasteiger partial charge in [0.2, 0.25) is 0 Å². The summed E-state index contributed by atoms with van der Waals surface area (Å²) in [6.45, 7) is 10.2. The fourth-order valence-corrected chi connectivity index (χ4v) is 1.77. The number of hydrogen-bond acceptors (Lipinski definition) is 4. The Kier molecular flexibility index (Phi) is 8.75. The average Bonchev–Trinajstić information content (AvgIpc) is 2.48. The first-order valence-electron chi connectivity index (χ1n) is 7.21. The fraction of sp³-hybridized carbons (Fsp3) is 0.471. The van der Waals surface area contributed by atoms with Crippen molar-refractivity contribution in [3.63, 3.8) is 0 Å². The third-order valence-corrected chi connectivity index (χ3v) is 3.43. The molecule has 0 aromatic heterocycles. The molecule has 0 aromatic rings. The van der Waals surface area contributed by atoms with Crippen molar-refractivity contribution >= 4 is 17.9 Å². The molecule has 22 heavy (non-hydrogen) atoms. The van der Waals surface area contributed by atoms with Crippen LogP contribution in [0.4, 0.5) is 0 Å². The van der Waals surface area contributed by atoms with Gasteiger partial charge in [0.1, 0.15) is 0 Å². The molecule has 0 unspecified atom stereocenters. The van der Waals surface area contributed by atoms with Crippen molar-refractivity contribution in [3.8, 4) is 0 Å². The Balaban J connectivity index is 5.48. The van der Waals surface area contributed by atoms with Crippen LogP contribution in [0.1, 0.15) is 53.4 Å². The van der Waals surface area contributed by atoms with Crippen LogP contribution in [0.3, 0.4) is 0 Å². The summed E-state index contributed by atoms with van der Waals surface area (Å²) in [6, 6.07) is 0. The number of carboxylic acids is 1. The smallest absolute Gasteiger partial charge is 0.342 e. The molecule has 0 heterocycles. The molecule has 0 aliphatic rings. The molecule has 0 amide bonds. The summed E-state index contributed by atoms with van der Waals surface area (Å²) in [5.41, 5.74) is 1.88. The Morgan fingerprint density at radius 3 is 2.18 bits per heavy atom. The lowest BCUT2D eigenvalue weighted by molar-refractivity contribution is -0.153. The Hall–Kier alpha value is -2.17. The molecule has 0 spiro atoms. The van der Waals surface area contributed by atoms with E-state index in [-0.39, 0.29) is 12.0 Å². The van der Waals surface area contributed by atoms with E-state index in [1.807, 2.05) is 6.92 Å². The minimum atomic E-state index is -1.03. The molecule has 0 atom stereocenters. The van der Waals surface area contributed by atoms with Crippen LogP contribution in [-0.2, 0) is 19.1 Å². The zero-order valence-corrected chi connectivity index (χ0v) is 13.7. The third-order valence-electron chi connectivity index (χ3n) is 3.43. The van der Waals surface area contributed by atoms with E-state index in [0.29, 0.717) is 17.6 Å². The van der Waals surface area contributed by atoms with Crippen molar-refractivity contribution in [1.82, 2.24) is 0 Å². The van der Waals surface area contributed by atoms with E-state index >= 15 is 0 Å². The second kappa shape index (κ2) is 9.71. The van der Waals surface area contributed by atoms with E-state index in [2.05, 4.69) is 11.3 Å². The van der Waals surface area contributed by atoms with Crippen molar-refractivity contribution in [1.29, 1.82) is 0 Å². The largest absolute Gasteiger partial charge is 0.478 e. The number of carbonyl (C=O) groups is 3. The number of rotatable bonds is 8. The van der Waals surface area contributed by atoms with E-state index in [4.69, 9.17) is 5.11 Å². The summed E-state index contributed by atoms with van der Waals surface area (Å²) in [6.07, 6.45) is 3.63. The third kappa shape index (κ3) is 6.52. The van der Waals surface area contributed by atoms with E-state index in [9.17, 15) is 14.4 Å². The van der Waals surface area contributed by atoms with Gasteiger partial charge in [0, 0.05) is 23.6 Å². The Labute approximate surface area is 131 Å². The van der Waals surface area contributed by atoms with Crippen LogP contribution in [0, 0.1) is 0 Å². The van der Waals surface area contributed by atoms with E-state index in [1.54, 1.807) is 13.8 Å². The monoisotopic (exact) mass is 308 g/mol. The van der Waals surface area contributed by atoms with Gasteiger partial charge < -0.3 is 9.84 Å². The second-order valence-corrected chi connectivity index (χ2v) is 5.16. The summed E-state index contributed by atoms with van der Waals surface area (Å²) in [5.74, 6) is -2.59. The highest BCUT2D eigenvalue weighted by molar-refractivity contribution is 6.00. The maximum absolute atomic E-state index is 12.1. The van der Waals surface area contributed by atoms with Crippen molar-refractivity contribution in [2.24, 2.45) is 0 Å². The van der Waals surface area contributed by atoms with Crippen LogP contribution in [0.25, 0.3) is 0 Å². The molecule has 0 aromatic carbocycles.